The van der Waals surface area contributed by atoms with Crippen LogP contribution in [0.1, 0.15) is 101 Å². The van der Waals surface area contributed by atoms with E-state index in [0.29, 0.717) is 42.8 Å². The zero-order valence-electron chi connectivity index (χ0n) is 43.3. The van der Waals surface area contributed by atoms with Crippen LogP contribution in [0, 0.1) is 35.3 Å². The van der Waals surface area contributed by atoms with Gasteiger partial charge >= 0.3 is 12.4 Å². The molecule has 5 aromatic rings. The van der Waals surface area contributed by atoms with Crippen LogP contribution in [0.3, 0.4) is 0 Å². The molecule has 2 aromatic heterocycles. The third kappa shape index (κ3) is 12.4. The minimum absolute atomic E-state index is 0.0512. The van der Waals surface area contributed by atoms with Crippen LogP contribution in [-0.4, -0.2) is 87.6 Å². The summed E-state index contributed by atoms with van der Waals surface area (Å²) < 4.78 is 128. The number of thiocarbonyl (C=S) groups is 1. The molecule has 0 saturated carbocycles. The molecule has 3 aromatic carbocycles. The summed E-state index contributed by atoms with van der Waals surface area (Å²) in [4.78, 5) is 66.7. The van der Waals surface area contributed by atoms with Gasteiger partial charge in [-0.2, -0.15) is 31.6 Å². The second-order valence-corrected chi connectivity index (χ2v) is 21.5. The SMILES string of the molecule is Cc1ncsc1-c1ccc([C@H](C)NC(=O)[C@@H]2CCCN2C(=O)C(NC(=O)COCCCCOc2ccc(-c3ncc(N4C(=S)N(c5ccc(C#N)c(C(F)(F)F)c5F)C(=O)C4(C)C)cc3F)c(C(F)(F)F)c2)C(C)(C)C)cc1. The average molecular weight is 1130 g/mol. The Bertz CT molecular complexity index is 3150. The molecule has 3 atom stereocenters. The maximum absolute atomic E-state index is 16.0. The zero-order valence-corrected chi connectivity index (χ0v) is 44.9. The lowest BCUT2D eigenvalue weighted by Gasteiger charge is -2.35. The van der Waals surface area contributed by atoms with Gasteiger partial charge in [-0.15, -0.1) is 11.3 Å². The fourth-order valence-electron chi connectivity index (χ4n) is 9.23. The maximum atomic E-state index is 16.0. The summed E-state index contributed by atoms with van der Waals surface area (Å²) in [7, 11) is 0. The summed E-state index contributed by atoms with van der Waals surface area (Å²) in [6.07, 6.45) is -7.83. The second kappa shape index (κ2) is 23.1. The Morgan fingerprint density at radius 1 is 0.949 bits per heavy atom. The predicted molar refractivity (Wildman–Crippen MR) is 278 cm³/mol. The number of benzene rings is 3. The Morgan fingerprint density at radius 3 is 2.26 bits per heavy atom. The summed E-state index contributed by atoms with van der Waals surface area (Å²) in [5.74, 6) is -5.79. The van der Waals surface area contributed by atoms with E-state index in [4.69, 9.17) is 21.7 Å². The largest absolute Gasteiger partial charge is 0.494 e. The van der Waals surface area contributed by atoms with Crippen LogP contribution in [0.15, 0.2) is 72.4 Å². The van der Waals surface area contributed by atoms with Crippen LogP contribution in [0.25, 0.3) is 21.7 Å². The molecule has 1 unspecified atom stereocenters. The zero-order chi connectivity index (χ0) is 57.2. The van der Waals surface area contributed by atoms with Gasteiger partial charge in [0.05, 0.1) is 63.5 Å². The molecule has 78 heavy (non-hydrogen) atoms. The number of likely N-dealkylation sites (tertiary alicyclic amines) is 1. The highest BCUT2D eigenvalue weighted by Gasteiger charge is 2.52. The van der Waals surface area contributed by atoms with Crippen molar-refractivity contribution >= 4 is 63.7 Å². The van der Waals surface area contributed by atoms with Crippen LogP contribution >= 0.6 is 23.6 Å². The van der Waals surface area contributed by atoms with E-state index in [2.05, 4.69) is 20.6 Å². The number of anilines is 2. The Balaban J connectivity index is 0.911. The highest BCUT2D eigenvalue weighted by atomic mass is 32.1. The minimum atomic E-state index is -5.34. The number of hydrogen-bond donors (Lipinski definition) is 2. The molecule has 0 aliphatic carbocycles. The Labute approximate surface area is 453 Å². The first-order valence-corrected chi connectivity index (χ1v) is 25.8. The summed E-state index contributed by atoms with van der Waals surface area (Å²) >= 11 is 6.93. The van der Waals surface area contributed by atoms with Gasteiger partial charge in [0.25, 0.3) is 5.91 Å². The van der Waals surface area contributed by atoms with E-state index >= 15 is 8.78 Å². The van der Waals surface area contributed by atoms with E-state index < -0.39 is 110 Å². The molecule has 24 heteroatoms. The molecule has 2 fully saturated rings. The van der Waals surface area contributed by atoms with Crippen LogP contribution in [-0.2, 0) is 36.3 Å². The Kier molecular flexibility index (Phi) is 17.3. The van der Waals surface area contributed by atoms with Gasteiger partial charge in [0.1, 0.15) is 41.2 Å². The van der Waals surface area contributed by atoms with E-state index in [9.17, 15) is 50.8 Å². The summed E-state index contributed by atoms with van der Waals surface area (Å²) in [6, 6.07) is 12.0. The van der Waals surface area contributed by atoms with Gasteiger partial charge in [0.2, 0.25) is 17.7 Å². The third-order valence-corrected chi connectivity index (χ3v) is 14.6. The third-order valence-electron chi connectivity index (χ3n) is 13.3. The number of carbonyl (C=O) groups excluding carboxylic acids is 4. The number of nitrogens with zero attached hydrogens (tertiary/aromatic N) is 6. The van der Waals surface area contributed by atoms with Crippen molar-refractivity contribution in [3.63, 3.8) is 0 Å². The number of carbonyl (C=O) groups is 4. The number of aryl methyl sites for hydroxylation is 1. The summed E-state index contributed by atoms with van der Waals surface area (Å²) in [6.45, 7) is 11.6. The Hall–Kier alpha value is -7.10. The van der Waals surface area contributed by atoms with E-state index in [-0.39, 0.29) is 43.0 Å². The van der Waals surface area contributed by atoms with E-state index in [1.807, 2.05) is 38.1 Å². The van der Waals surface area contributed by atoms with Gasteiger partial charge in [-0.25, -0.2) is 13.8 Å². The van der Waals surface area contributed by atoms with Crippen molar-refractivity contribution in [1.29, 1.82) is 5.26 Å². The topological polar surface area (TPSA) is 170 Å². The summed E-state index contributed by atoms with van der Waals surface area (Å²) in [5.41, 5.74) is -4.88. The number of unbranched alkanes of at least 4 members (excludes halogenated alkanes) is 1. The van der Waals surface area contributed by atoms with Gasteiger partial charge in [-0.1, -0.05) is 45.0 Å². The molecular weight excluding hydrogens is 1070 g/mol. The number of nitriles is 1. The van der Waals surface area contributed by atoms with Gasteiger partial charge in [0.15, 0.2) is 16.7 Å². The number of thiazole rings is 1. The Morgan fingerprint density at radius 2 is 1.64 bits per heavy atom. The molecule has 0 spiro atoms. The van der Waals surface area contributed by atoms with Gasteiger partial charge in [0, 0.05) is 24.8 Å². The smallest absolute Gasteiger partial charge is 0.420 e. The second-order valence-electron chi connectivity index (χ2n) is 20.3. The van der Waals surface area contributed by atoms with Crippen molar-refractivity contribution in [2.45, 2.75) is 110 Å². The number of amides is 4. The summed E-state index contributed by atoms with van der Waals surface area (Å²) in [5, 5.41) is 14.4. The first kappa shape index (κ1) is 58.6. The predicted octanol–water partition coefficient (Wildman–Crippen LogP) is 10.9. The van der Waals surface area contributed by atoms with Crippen LogP contribution in [0.4, 0.5) is 46.5 Å². The minimum Gasteiger partial charge on any atom is -0.494 e. The molecule has 414 valence electrons. The lowest BCUT2D eigenvalue weighted by atomic mass is 9.85. The fourth-order valence-corrected chi connectivity index (χ4v) is 10.6. The first-order chi connectivity index (χ1) is 36.6. The number of pyridine rings is 1. The molecule has 2 aliphatic rings. The lowest BCUT2D eigenvalue weighted by molar-refractivity contribution is -0.144. The molecule has 2 N–H and O–H groups in total. The maximum Gasteiger partial charge on any atom is 0.420 e. The van der Waals surface area contributed by atoms with Gasteiger partial charge in [-0.05, 0) is 112 Å². The van der Waals surface area contributed by atoms with Crippen molar-refractivity contribution in [3.05, 3.63) is 112 Å². The van der Waals surface area contributed by atoms with Crippen molar-refractivity contribution in [3.8, 4) is 33.5 Å². The van der Waals surface area contributed by atoms with Crippen LogP contribution in [0.5, 0.6) is 5.75 Å². The molecular formula is C54H54F8N8O6S2. The number of halogens is 8. The number of alkyl halides is 6. The number of hydrogen-bond acceptors (Lipinski definition) is 11. The molecule has 0 bridgehead atoms. The average Bonchev–Trinajstić information content (AvgIpc) is 4.21. The van der Waals surface area contributed by atoms with E-state index in [0.717, 1.165) is 51.0 Å². The molecule has 2 saturated heterocycles. The first-order valence-electron chi connectivity index (χ1n) is 24.5. The van der Waals surface area contributed by atoms with Crippen LogP contribution in [0.2, 0.25) is 0 Å². The molecule has 14 nitrogen and oxygen atoms in total. The van der Waals surface area contributed by atoms with Crippen molar-refractivity contribution in [2.75, 3.05) is 36.2 Å². The standard InChI is InChI=1S/C54H54F8N8O6S2/c1-29(31-12-14-32(15-13-31)45-30(2)65-28-78-45)66-47(72)40-11-10-20-68(40)48(73)46(51(3,4)5)67-41(71)27-75-21-8-9-22-76-35-17-18-36(37(24-35)53(57,58)59)44-38(55)23-34(26-64-44)70-50(77)69(49(74)52(70,6)7)39-19-16-33(25-63)42(43(39)56)54(60,61)62/h12-19,23-24,26,28-29,40,46H,8-11,20-22,27H2,1-7H3,(H,66,72)(H,67,71)/t29-,40-,46?/m0/s1. The highest BCUT2D eigenvalue weighted by Crippen LogP contribution is 2.44. The van der Waals surface area contributed by atoms with Crippen LogP contribution < -0.4 is 25.2 Å². The van der Waals surface area contributed by atoms with Crippen molar-refractivity contribution in [1.82, 2.24) is 25.5 Å². The molecule has 4 amide bonds. The highest BCUT2D eigenvalue weighted by molar-refractivity contribution is 7.81. The number of aromatic nitrogens is 2. The molecule has 7 rings (SSSR count). The fraction of sp³-hybridized carbons (Fsp3) is 0.407. The molecule has 4 heterocycles. The van der Waals surface area contributed by atoms with E-state index in [1.54, 1.807) is 37.6 Å². The van der Waals surface area contributed by atoms with Gasteiger partial charge < -0.3 is 29.9 Å². The lowest BCUT2D eigenvalue weighted by Crippen LogP contribution is -2.58. The van der Waals surface area contributed by atoms with Gasteiger partial charge in [-0.3, -0.25) is 29.1 Å². The van der Waals surface area contributed by atoms with Crippen molar-refractivity contribution in [2.24, 2.45) is 5.41 Å². The molecule has 2 aliphatic heterocycles. The van der Waals surface area contributed by atoms with E-state index in [1.165, 1.54) is 30.9 Å². The normalized spacial score (nSPS) is 16.5. The number of nitrogens with one attached hydrogen (secondary N) is 2. The quantitative estimate of drug-likeness (QED) is 0.0516. The monoisotopic (exact) mass is 1130 g/mol. The number of rotatable bonds is 17. The number of ether oxygens (including phenoxy) is 2. The molecule has 0 radical (unpaired) electrons. The van der Waals surface area contributed by atoms with Crippen molar-refractivity contribution < 1.29 is 63.8 Å².